The molecule has 0 saturated heterocycles. The molecule has 2 rings (SSSR count). The first-order valence-corrected chi connectivity index (χ1v) is 6.94. The van der Waals surface area contributed by atoms with Crippen LogP contribution in [-0.4, -0.2) is 4.21 Å². The van der Waals surface area contributed by atoms with Crippen molar-refractivity contribution in [3.8, 4) is 0 Å². The first-order valence-electron chi connectivity index (χ1n) is 5.24. The highest BCUT2D eigenvalue weighted by molar-refractivity contribution is 7.84. The van der Waals surface area contributed by atoms with Crippen molar-refractivity contribution >= 4 is 28.1 Å². The van der Waals surface area contributed by atoms with Crippen molar-refractivity contribution in [2.75, 3.05) is 5.73 Å². The predicted molar refractivity (Wildman–Crippen MR) is 72.4 cm³/mol. The van der Waals surface area contributed by atoms with E-state index in [2.05, 4.69) is 0 Å². The van der Waals surface area contributed by atoms with Gasteiger partial charge in [0.05, 0.1) is 27.3 Å². The second-order valence-corrected chi connectivity index (χ2v) is 5.66. The normalized spacial score (nSPS) is 12.3. The molecule has 0 radical (unpaired) electrons. The van der Waals surface area contributed by atoms with Crippen LogP contribution in [0.2, 0.25) is 5.02 Å². The maximum Gasteiger partial charge on any atom is 0.123 e. The average Bonchev–Trinajstić information content (AvgIpc) is 2.32. The van der Waals surface area contributed by atoms with Crippen LogP contribution in [-0.2, 0) is 16.6 Å². The van der Waals surface area contributed by atoms with Gasteiger partial charge >= 0.3 is 0 Å². The molecule has 0 amide bonds. The third-order valence-corrected chi connectivity index (χ3v) is 4.12. The Hall–Kier alpha value is -1.39. The minimum atomic E-state index is -1.27. The summed E-state index contributed by atoms with van der Waals surface area (Å²) < 4.78 is 25.1. The fourth-order valence-corrected chi connectivity index (χ4v) is 2.87. The molecule has 1 atom stereocenters. The van der Waals surface area contributed by atoms with Gasteiger partial charge in [-0.1, -0.05) is 23.7 Å². The molecule has 0 fully saturated rings. The molecule has 2 aromatic rings. The zero-order chi connectivity index (χ0) is 13.1. The fraction of sp³-hybridized carbons (Fsp3) is 0.0769. The molecule has 0 aromatic heterocycles. The van der Waals surface area contributed by atoms with Crippen LogP contribution >= 0.6 is 11.6 Å². The second kappa shape index (κ2) is 5.50. The number of nitrogen functional groups attached to an aromatic ring is 1. The highest BCUT2D eigenvalue weighted by atomic mass is 35.5. The van der Waals surface area contributed by atoms with E-state index in [-0.39, 0.29) is 11.6 Å². The molecule has 94 valence electrons. The number of hydrogen-bond donors (Lipinski definition) is 1. The van der Waals surface area contributed by atoms with Crippen molar-refractivity contribution in [3.63, 3.8) is 0 Å². The summed E-state index contributed by atoms with van der Waals surface area (Å²) in [4.78, 5) is 0.582. The Balaban J connectivity index is 2.19. The molecule has 0 heterocycles. The van der Waals surface area contributed by atoms with Crippen LogP contribution in [0.1, 0.15) is 5.56 Å². The summed E-state index contributed by atoms with van der Waals surface area (Å²) >= 11 is 5.87. The van der Waals surface area contributed by atoms with E-state index in [1.165, 1.54) is 12.1 Å². The zero-order valence-electron chi connectivity index (χ0n) is 9.40. The summed E-state index contributed by atoms with van der Waals surface area (Å²) in [5.74, 6) is -0.0855. The van der Waals surface area contributed by atoms with Crippen LogP contribution in [0.5, 0.6) is 0 Å². The van der Waals surface area contributed by atoms with Crippen LogP contribution in [0.15, 0.2) is 47.4 Å². The molecule has 0 spiro atoms. The lowest BCUT2D eigenvalue weighted by molar-refractivity contribution is 0.626. The molecule has 0 bridgehead atoms. The van der Waals surface area contributed by atoms with Gasteiger partial charge in [0.15, 0.2) is 0 Å². The molecule has 18 heavy (non-hydrogen) atoms. The number of rotatable bonds is 3. The van der Waals surface area contributed by atoms with Gasteiger partial charge in [-0.2, -0.15) is 0 Å². The Morgan fingerprint density at radius 2 is 2.00 bits per heavy atom. The van der Waals surface area contributed by atoms with Crippen molar-refractivity contribution in [3.05, 3.63) is 58.9 Å². The minimum absolute atomic E-state index is 0.248. The lowest BCUT2D eigenvalue weighted by Crippen LogP contribution is -1.98. The quantitative estimate of drug-likeness (QED) is 0.878. The van der Waals surface area contributed by atoms with Crippen molar-refractivity contribution in [2.45, 2.75) is 10.6 Å². The molecule has 0 aliphatic rings. The molecule has 2 aromatic carbocycles. The Kier molecular flexibility index (Phi) is 3.99. The average molecular weight is 284 g/mol. The third-order valence-electron chi connectivity index (χ3n) is 2.42. The molecule has 1 unspecified atom stereocenters. The summed E-state index contributed by atoms with van der Waals surface area (Å²) in [5, 5.41) is 0.375. The number of anilines is 1. The minimum Gasteiger partial charge on any atom is -0.398 e. The van der Waals surface area contributed by atoms with Gasteiger partial charge in [-0.3, -0.25) is 4.21 Å². The van der Waals surface area contributed by atoms with Gasteiger partial charge in [0.2, 0.25) is 0 Å². The summed E-state index contributed by atoms with van der Waals surface area (Å²) in [6.45, 7) is 0. The monoisotopic (exact) mass is 283 g/mol. The van der Waals surface area contributed by atoms with Crippen molar-refractivity contribution in [1.29, 1.82) is 0 Å². The van der Waals surface area contributed by atoms with Gasteiger partial charge in [-0.05, 0) is 35.9 Å². The van der Waals surface area contributed by atoms with E-state index in [0.29, 0.717) is 21.2 Å². The van der Waals surface area contributed by atoms with E-state index < -0.39 is 10.8 Å². The molecule has 0 aliphatic carbocycles. The number of halogens is 2. The lowest BCUT2D eigenvalue weighted by Gasteiger charge is -2.05. The van der Waals surface area contributed by atoms with E-state index in [4.69, 9.17) is 17.3 Å². The Labute approximate surface area is 112 Å². The van der Waals surface area contributed by atoms with Gasteiger partial charge in [0, 0.05) is 4.90 Å². The van der Waals surface area contributed by atoms with Crippen molar-refractivity contribution in [2.24, 2.45) is 0 Å². The summed E-state index contributed by atoms with van der Waals surface area (Å²) in [7, 11) is -1.27. The highest BCUT2D eigenvalue weighted by Gasteiger charge is 2.07. The van der Waals surface area contributed by atoms with E-state index in [1.807, 2.05) is 0 Å². The summed E-state index contributed by atoms with van der Waals surface area (Å²) in [6, 6.07) is 10.9. The molecule has 0 saturated carbocycles. The van der Waals surface area contributed by atoms with Gasteiger partial charge in [-0.15, -0.1) is 0 Å². The lowest BCUT2D eigenvalue weighted by atomic mass is 10.2. The fourth-order valence-electron chi connectivity index (χ4n) is 1.51. The van der Waals surface area contributed by atoms with E-state index in [9.17, 15) is 8.60 Å². The number of hydrogen-bond acceptors (Lipinski definition) is 2. The van der Waals surface area contributed by atoms with E-state index >= 15 is 0 Å². The Morgan fingerprint density at radius 3 is 2.67 bits per heavy atom. The van der Waals surface area contributed by atoms with Crippen LogP contribution in [0, 0.1) is 5.82 Å². The standard InChI is InChI=1S/C13H11ClFNOS/c14-12-7-11(4-5-13(12)16)18(17)8-9-2-1-3-10(15)6-9/h1-7H,8,16H2. The SMILES string of the molecule is Nc1ccc(S(=O)Cc2cccc(F)c2)cc1Cl. The summed E-state index contributed by atoms with van der Waals surface area (Å²) in [5.41, 5.74) is 6.71. The molecule has 0 aliphatic heterocycles. The van der Waals surface area contributed by atoms with Crippen LogP contribution in [0.4, 0.5) is 10.1 Å². The highest BCUT2D eigenvalue weighted by Crippen LogP contribution is 2.23. The maximum atomic E-state index is 13.0. The third kappa shape index (κ3) is 3.09. The van der Waals surface area contributed by atoms with Gasteiger partial charge in [-0.25, -0.2) is 4.39 Å². The predicted octanol–water partition coefficient (Wildman–Crippen LogP) is 3.37. The maximum absolute atomic E-state index is 13.0. The molecule has 2 nitrogen and oxygen atoms in total. The molecular formula is C13H11ClFNOS. The van der Waals surface area contributed by atoms with Gasteiger partial charge in [0.25, 0.3) is 0 Å². The number of nitrogens with two attached hydrogens (primary N) is 1. The van der Waals surface area contributed by atoms with Crippen LogP contribution in [0.3, 0.4) is 0 Å². The van der Waals surface area contributed by atoms with E-state index in [1.54, 1.807) is 30.3 Å². The first-order chi connectivity index (χ1) is 8.56. The molecule has 5 heteroatoms. The second-order valence-electron chi connectivity index (χ2n) is 3.80. The summed E-state index contributed by atoms with van der Waals surface area (Å²) in [6.07, 6.45) is 0. The van der Waals surface area contributed by atoms with Crippen LogP contribution < -0.4 is 5.73 Å². The largest absolute Gasteiger partial charge is 0.398 e. The van der Waals surface area contributed by atoms with Gasteiger partial charge in [0.1, 0.15) is 5.82 Å². The Morgan fingerprint density at radius 1 is 1.22 bits per heavy atom. The van der Waals surface area contributed by atoms with Crippen LogP contribution in [0.25, 0.3) is 0 Å². The van der Waals surface area contributed by atoms with Crippen molar-refractivity contribution in [1.82, 2.24) is 0 Å². The van der Waals surface area contributed by atoms with Gasteiger partial charge < -0.3 is 5.73 Å². The first kappa shape index (κ1) is 13.1. The Bertz CT molecular complexity index is 603. The molecular weight excluding hydrogens is 273 g/mol. The number of benzene rings is 2. The topological polar surface area (TPSA) is 43.1 Å². The molecule has 2 N–H and O–H groups in total. The zero-order valence-corrected chi connectivity index (χ0v) is 11.0. The van der Waals surface area contributed by atoms with Crippen molar-refractivity contribution < 1.29 is 8.60 Å². The van der Waals surface area contributed by atoms with E-state index in [0.717, 1.165) is 0 Å². The smallest absolute Gasteiger partial charge is 0.123 e.